The lowest BCUT2D eigenvalue weighted by molar-refractivity contribution is 0.402. The van der Waals surface area contributed by atoms with Gasteiger partial charge in [0.1, 0.15) is 0 Å². The van der Waals surface area contributed by atoms with Crippen molar-refractivity contribution in [2.45, 2.75) is 13.8 Å². The molecule has 0 saturated heterocycles. The van der Waals surface area contributed by atoms with Gasteiger partial charge in [0.05, 0.1) is 12.5 Å². The van der Waals surface area contributed by atoms with Gasteiger partial charge in [0.25, 0.3) is 0 Å². The van der Waals surface area contributed by atoms with Crippen LogP contribution < -0.4 is 0 Å². The molecule has 0 rings (SSSR count). The topological polar surface area (TPSA) is 9.23 Å². The minimum atomic E-state index is 1.62. The lowest BCUT2D eigenvalue weighted by Gasteiger charge is -1.83. The van der Waals surface area contributed by atoms with Gasteiger partial charge in [-0.2, -0.15) is 0 Å². The van der Waals surface area contributed by atoms with Gasteiger partial charge >= 0.3 is 0 Å². The molecular formula is C8H12O. The van der Waals surface area contributed by atoms with Gasteiger partial charge in [-0.25, -0.2) is 0 Å². The van der Waals surface area contributed by atoms with E-state index >= 15 is 0 Å². The molecule has 0 aliphatic carbocycles. The van der Waals surface area contributed by atoms with Crippen LogP contribution in [-0.2, 0) is 4.74 Å². The molecule has 1 nitrogen and oxygen atoms in total. The fraction of sp³-hybridized carbons (Fsp3) is 0.250. The monoisotopic (exact) mass is 124 g/mol. The summed E-state index contributed by atoms with van der Waals surface area (Å²) in [4.78, 5) is 0. The molecule has 9 heavy (non-hydrogen) atoms. The van der Waals surface area contributed by atoms with E-state index < -0.39 is 0 Å². The van der Waals surface area contributed by atoms with Gasteiger partial charge in [-0.15, -0.1) is 0 Å². The van der Waals surface area contributed by atoms with E-state index in [4.69, 9.17) is 4.74 Å². The summed E-state index contributed by atoms with van der Waals surface area (Å²) in [6, 6.07) is 0. The summed E-state index contributed by atoms with van der Waals surface area (Å²) < 4.78 is 4.87. The van der Waals surface area contributed by atoms with E-state index in [-0.39, 0.29) is 0 Å². The molecule has 0 saturated carbocycles. The molecule has 0 aromatic heterocycles. The number of hydrogen-bond donors (Lipinski definition) is 0. The van der Waals surface area contributed by atoms with Crippen LogP contribution in [0.4, 0.5) is 0 Å². The molecular weight excluding hydrogens is 112 g/mol. The second kappa shape index (κ2) is 7.02. The highest BCUT2D eigenvalue weighted by atomic mass is 16.5. The fourth-order valence-electron chi connectivity index (χ4n) is 0.326. The highest BCUT2D eigenvalue weighted by molar-refractivity contribution is 4.98. The highest BCUT2D eigenvalue weighted by Crippen LogP contribution is 1.80. The molecule has 0 aromatic carbocycles. The predicted molar refractivity (Wildman–Crippen MR) is 39.9 cm³/mol. The van der Waals surface area contributed by atoms with Crippen molar-refractivity contribution in [3.8, 4) is 0 Å². The molecule has 0 atom stereocenters. The standard InChI is InChI=1S/C8H12O/c1-3-5-6-8-9-7-4-2/h3-8H,1-2H3/b5-3+,7-4+,8-6+. The van der Waals surface area contributed by atoms with E-state index in [1.807, 2.05) is 38.2 Å². The maximum atomic E-state index is 4.87. The molecule has 0 amide bonds. The van der Waals surface area contributed by atoms with Gasteiger partial charge in [0.2, 0.25) is 0 Å². The van der Waals surface area contributed by atoms with Crippen molar-refractivity contribution >= 4 is 0 Å². The van der Waals surface area contributed by atoms with Crippen LogP contribution in [0.15, 0.2) is 36.8 Å². The third-order valence-electron chi connectivity index (χ3n) is 0.675. The molecule has 1 heteroatoms. The molecule has 0 N–H and O–H groups in total. The van der Waals surface area contributed by atoms with Crippen molar-refractivity contribution in [3.63, 3.8) is 0 Å². The molecule has 0 aliphatic rings. The minimum absolute atomic E-state index is 1.62. The molecule has 0 aromatic rings. The number of allylic oxidation sites excluding steroid dienone is 4. The van der Waals surface area contributed by atoms with Crippen molar-refractivity contribution in [2.24, 2.45) is 0 Å². The first-order valence-electron chi connectivity index (χ1n) is 2.96. The Kier molecular flexibility index (Phi) is 6.26. The van der Waals surface area contributed by atoms with Crippen molar-refractivity contribution in [3.05, 3.63) is 36.8 Å². The SMILES string of the molecule is C/C=C/C=C/O/C=C/C. The highest BCUT2D eigenvalue weighted by Gasteiger charge is 1.61. The molecule has 0 unspecified atom stereocenters. The first kappa shape index (κ1) is 8.02. The van der Waals surface area contributed by atoms with Crippen LogP contribution in [0, 0.1) is 0 Å². The first-order valence-corrected chi connectivity index (χ1v) is 2.96. The van der Waals surface area contributed by atoms with Gasteiger partial charge in [0, 0.05) is 0 Å². The normalized spacial score (nSPS) is 12.2. The lowest BCUT2D eigenvalue weighted by Crippen LogP contribution is -1.60. The molecule has 0 radical (unpaired) electrons. The van der Waals surface area contributed by atoms with Crippen molar-refractivity contribution in [1.29, 1.82) is 0 Å². The Hall–Kier alpha value is -0.980. The number of ether oxygens (including phenoxy) is 1. The van der Waals surface area contributed by atoms with Gasteiger partial charge in [0.15, 0.2) is 0 Å². The summed E-state index contributed by atoms with van der Waals surface area (Å²) in [5.74, 6) is 0. The molecule has 0 bridgehead atoms. The van der Waals surface area contributed by atoms with Crippen LogP contribution >= 0.6 is 0 Å². The zero-order chi connectivity index (χ0) is 6.95. The van der Waals surface area contributed by atoms with E-state index in [0.717, 1.165) is 0 Å². The van der Waals surface area contributed by atoms with Gasteiger partial charge in [-0.1, -0.05) is 18.2 Å². The predicted octanol–water partition coefficient (Wildman–Crippen LogP) is 2.63. The third-order valence-corrected chi connectivity index (χ3v) is 0.675. The number of hydrogen-bond acceptors (Lipinski definition) is 1. The average molecular weight is 124 g/mol. The molecule has 0 spiro atoms. The van der Waals surface area contributed by atoms with Crippen LogP contribution in [0.25, 0.3) is 0 Å². The maximum absolute atomic E-state index is 4.87. The van der Waals surface area contributed by atoms with Gasteiger partial charge in [-0.3, -0.25) is 0 Å². The Balaban J connectivity index is 3.25. The van der Waals surface area contributed by atoms with Crippen LogP contribution in [0.3, 0.4) is 0 Å². The van der Waals surface area contributed by atoms with Crippen LogP contribution in [0.5, 0.6) is 0 Å². The minimum Gasteiger partial charge on any atom is -0.473 e. The first-order chi connectivity index (χ1) is 4.41. The lowest BCUT2D eigenvalue weighted by atomic mass is 10.5. The van der Waals surface area contributed by atoms with Crippen molar-refractivity contribution < 1.29 is 4.74 Å². The van der Waals surface area contributed by atoms with Crippen LogP contribution in [-0.4, -0.2) is 0 Å². The summed E-state index contributed by atoms with van der Waals surface area (Å²) in [5.41, 5.74) is 0. The summed E-state index contributed by atoms with van der Waals surface area (Å²) in [6.07, 6.45) is 10.8. The molecule has 0 fully saturated rings. The van der Waals surface area contributed by atoms with E-state index in [1.165, 1.54) is 0 Å². The maximum Gasteiger partial charge on any atom is 0.0901 e. The summed E-state index contributed by atoms with van der Waals surface area (Å²) in [5, 5.41) is 0. The smallest absolute Gasteiger partial charge is 0.0901 e. The van der Waals surface area contributed by atoms with Crippen LogP contribution in [0.2, 0.25) is 0 Å². The molecule has 0 heterocycles. The van der Waals surface area contributed by atoms with Crippen molar-refractivity contribution in [1.82, 2.24) is 0 Å². The zero-order valence-electron chi connectivity index (χ0n) is 5.87. The van der Waals surface area contributed by atoms with Crippen LogP contribution in [0.1, 0.15) is 13.8 Å². The molecule has 0 aliphatic heterocycles. The number of rotatable bonds is 3. The largest absolute Gasteiger partial charge is 0.473 e. The Morgan fingerprint density at radius 3 is 2.22 bits per heavy atom. The Labute approximate surface area is 56.3 Å². The molecule has 50 valence electrons. The second-order valence-electron chi connectivity index (χ2n) is 1.46. The average Bonchev–Trinajstić information content (AvgIpc) is 1.89. The summed E-state index contributed by atoms with van der Waals surface area (Å²) >= 11 is 0. The van der Waals surface area contributed by atoms with E-state index in [0.29, 0.717) is 0 Å². The van der Waals surface area contributed by atoms with Gasteiger partial charge in [-0.05, 0) is 19.9 Å². The Bertz CT molecular complexity index is 121. The summed E-state index contributed by atoms with van der Waals surface area (Å²) in [7, 11) is 0. The van der Waals surface area contributed by atoms with E-state index in [9.17, 15) is 0 Å². The second-order valence-corrected chi connectivity index (χ2v) is 1.46. The Morgan fingerprint density at radius 2 is 1.67 bits per heavy atom. The van der Waals surface area contributed by atoms with E-state index in [1.54, 1.807) is 12.5 Å². The van der Waals surface area contributed by atoms with Crippen molar-refractivity contribution in [2.75, 3.05) is 0 Å². The third kappa shape index (κ3) is 7.02. The van der Waals surface area contributed by atoms with Gasteiger partial charge < -0.3 is 4.74 Å². The fourth-order valence-corrected chi connectivity index (χ4v) is 0.326. The Morgan fingerprint density at radius 1 is 0.889 bits per heavy atom. The zero-order valence-corrected chi connectivity index (χ0v) is 5.87. The quantitative estimate of drug-likeness (QED) is 0.415. The van der Waals surface area contributed by atoms with E-state index in [2.05, 4.69) is 0 Å². The summed E-state index contributed by atoms with van der Waals surface area (Å²) in [6.45, 7) is 3.86.